The minimum atomic E-state index is 0.0868. The number of rotatable bonds is 5. The van der Waals surface area contributed by atoms with E-state index in [0.29, 0.717) is 5.69 Å². The summed E-state index contributed by atoms with van der Waals surface area (Å²) in [6, 6.07) is 12.6. The fraction of sp³-hybridized carbons (Fsp3) is 0.565. The van der Waals surface area contributed by atoms with Crippen molar-refractivity contribution < 1.29 is 4.79 Å². The van der Waals surface area contributed by atoms with Gasteiger partial charge in [0.25, 0.3) is 5.91 Å². The number of nitrogens with zero attached hydrogens (tertiary/aromatic N) is 4. The van der Waals surface area contributed by atoms with E-state index in [4.69, 9.17) is 0 Å². The maximum Gasteiger partial charge on any atom is 0.274 e. The Balaban J connectivity index is 1.59. The second-order valence-corrected chi connectivity index (χ2v) is 7.79. The number of benzene rings is 1. The molecule has 152 valence electrons. The van der Waals surface area contributed by atoms with E-state index >= 15 is 0 Å². The maximum atomic E-state index is 13.0. The van der Waals surface area contributed by atoms with Crippen LogP contribution >= 0.6 is 0 Å². The summed E-state index contributed by atoms with van der Waals surface area (Å²) in [5.74, 6) is 0.0868. The highest BCUT2D eigenvalue weighted by molar-refractivity contribution is 5.92. The smallest absolute Gasteiger partial charge is 0.274 e. The Morgan fingerprint density at radius 3 is 2.43 bits per heavy atom. The zero-order chi connectivity index (χ0) is 19.6. The summed E-state index contributed by atoms with van der Waals surface area (Å²) in [6.45, 7) is 7.81. The summed E-state index contributed by atoms with van der Waals surface area (Å²) in [5, 5.41) is 4.48. The topological polar surface area (TPSA) is 41.4 Å². The van der Waals surface area contributed by atoms with Crippen molar-refractivity contribution in [1.82, 2.24) is 19.6 Å². The number of aryl methyl sites for hydroxylation is 1. The normalized spacial score (nSPS) is 17.2. The summed E-state index contributed by atoms with van der Waals surface area (Å²) < 4.78 is 1.88. The van der Waals surface area contributed by atoms with Crippen LogP contribution in [0.1, 0.15) is 61.5 Å². The fourth-order valence-electron chi connectivity index (χ4n) is 3.89. The Labute approximate surface area is 169 Å². The molecule has 1 aliphatic heterocycles. The molecule has 3 rings (SSSR count). The first kappa shape index (κ1) is 20.6. The van der Waals surface area contributed by atoms with Crippen molar-refractivity contribution in [2.75, 3.05) is 26.2 Å². The first-order chi connectivity index (χ1) is 13.8. The molecule has 2 aromatic rings. The molecule has 1 fully saturated rings. The van der Waals surface area contributed by atoms with Crippen molar-refractivity contribution in [3.63, 3.8) is 0 Å². The lowest BCUT2D eigenvalue weighted by molar-refractivity contribution is 0.0739. The Bertz CT molecular complexity index is 712. The molecule has 1 amide bonds. The van der Waals surface area contributed by atoms with Gasteiger partial charge < -0.3 is 4.90 Å². The van der Waals surface area contributed by atoms with E-state index < -0.39 is 0 Å². The van der Waals surface area contributed by atoms with Gasteiger partial charge in [0.1, 0.15) is 5.69 Å². The Morgan fingerprint density at radius 1 is 0.929 bits per heavy atom. The van der Waals surface area contributed by atoms with E-state index in [2.05, 4.69) is 47.3 Å². The molecular formula is C23H34N4O. The van der Waals surface area contributed by atoms with Gasteiger partial charge in [0.15, 0.2) is 0 Å². The number of amides is 1. The van der Waals surface area contributed by atoms with Crippen LogP contribution in [0.2, 0.25) is 0 Å². The highest BCUT2D eigenvalue weighted by Gasteiger charge is 2.19. The Hall–Kier alpha value is -2.14. The highest BCUT2D eigenvalue weighted by atomic mass is 16.2. The predicted molar refractivity (Wildman–Crippen MR) is 113 cm³/mol. The molecule has 0 aliphatic carbocycles. The highest BCUT2D eigenvalue weighted by Crippen LogP contribution is 2.13. The number of carbonyl (C=O) groups is 1. The molecule has 0 atom stereocenters. The summed E-state index contributed by atoms with van der Waals surface area (Å²) >= 11 is 0. The van der Waals surface area contributed by atoms with Crippen LogP contribution in [-0.2, 0) is 13.1 Å². The zero-order valence-electron chi connectivity index (χ0n) is 17.2. The third-order valence-corrected chi connectivity index (χ3v) is 5.40. The SMILES string of the molecule is CCCn1ccc(C(=O)N2CCCCCCN(Cc3ccccc3)CCC2)n1. The standard InChI is InChI=1S/C23H34N4O/c1-2-14-27-19-13-22(24-27)23(28)26-17-9-4-3-8-15-25(16-10-18-26)20-21-11-6-5-7-12-21/h5-7,11-13,19H,2-4,8-10,14-18,20H2,1H3. The summed E-state index contributed by atoms with van der Waals surface area (Å²) in [4.78, 5) is 17.5. The van der Waals surface area contributed by atoms with Gasteiger partial charge >= 0.3 is 0 Å². The summed E-state index contributed by atoms with van der Waals surface area (Å²) in [5.41, 5.74) is 1.95. The van der Waals surface area contributed by atoms with E-state index in [-0.39, 0.29) is 5.91 Å². The lowest BCUT2D eigenvalue weighted by Gasteiger charge is -2.25. The molecule has 0 radical (unpaired) electrons. The minimum absolute atomic E-state index is 0.0868. The molecule has 0 saturated carbocycles. The molecular weight excluding hydrogens is 348 g/mol. The average molecular weight is 383 g/mol. The third-order valence-electron chi connectivity index (χ3n) is 5.40. The van der Waals surface area contributed by atoms with Crippen LogP contribution in [0.25, 0.3) is 0 Å². The van der Waals surface area contributed by atoms with Crippen LogP contribution in [0, 0.1) is 0 Å². The number of carbonyl (C=O) groups excluding carboxylic acids is 1. The molecule has 0 spiro atoms. The summed E-state index contributed by atoms with van der Waals surface area (Å²) in [7, 11) is 0. The largest absolute Gasteiger partial charge is 0.337 e. The van der Waals surface area contributed by atoms with Gasteiger partial charge in [-0.2, -0.15) is 5.10 Å². The Kier molecular flexibility index (Phi) is 8.09. The van der Waals surface area contributed by atoms with Crippen LogP contribution in [0.3, 0.4) is 0 Å². The van der Waals surface area contributed by atoms with Crippen LogP contribution in [0.4, 0.5) is 0 Å². The van der Waals surface area contributed by atoms with Gasteiger partial charge in [-0.05, 0) is 43.9 Å². The minimum Gasteiger partial charge on any atom is -0.337 e. The fourth-order valence-corrected chi connectivity index (χ4v) is 3.89. The van der Waals surface area contributed by atoms with E-state index in [1.807, 2.05) is 21.8 Å². The first-order valence-electron chi connectivity index (χ1n) is 10.9. The number of hydrogen-bond acceptors (Lipinski definition) is 3. The number of hydrogen-bond donors (Lipinski definition) is 0. The molecule has 28 heavy (non-hydrogen) atoms. The third kappa shape index (κ3) is 6.20. The van der Waals surface area contributed by atoms with Crippen LogP contribution in [0.5, 0.6) is 0 Å². The molecule has 2 heterocycles. The van der Waals surface area contributed by atoms with Crippen molar-refractivity contribution in [3.05, 3.63) is 53.9 Å². The van der Waals surface area contributed by atoms with E-state index in [1.54, 1.807) is 0 Å². The molecule has 5 nitrogen and oxygen atoms in total. The van der Waals surface area contributed by atoms with Gasteiger partial charge in [0.2, 0.25) is 0 Å². The molecule has 0 bridgehead atoms. The van der Waals surface area contributed by atoms with E-state index in [0.717, 1.165) is 58.5 Å². The van der Waals surface area contributed by atoms with Gasteiger partial charge in [-0.1, -0.05) is 50.1 Å². The Morgan fingerprint density at radius 2 is 1.64 bits per heavy atom. The molecule has 0 unspecified atom stereocenters. The van der Waals surface area contributed by atoms with Gasteiger partial charge in [0.05, 0.1) is 0 Å². The second-order valence-electron chi connectivity index (χ2n) is 7.79. The lowest BCUT2D eigenvalue weighted by atomic mass is 10.1. The molecule has 5 heteroatoms. The van der Waals surface area contributed by atoms with Gasteiger partial charge in [-0.3, -0.25) is 14.4 Å². The van der Waals surface area contributed by atoms with Gasteiger partial charge in [0, 0.05) is 38.9 Å². The van der Waals surface area contributed by atoms with E-state index in [9.17, 15) is 4.79 Å². The van der Waals surface area contributed by atoms with Gasteiger partial charge in [-0.15, -0.1) is 0 Å². The van der Waals surface area contributed by atoms with Crippen LogP contribution < -0.4 is 0 Å². The molecule has 1 aromatic carbocycles. The second kappa shape index (κ2) is 11.0. The van der Waals surface area contributed by atoms with Crippen molar-refractivity contribution in [2.45, 2.75) is 58.5 Å². The van der Waals surface area contributed by atoms with Crippen molar-refractivity contribution in [2.24, 2.45) is 0 Å². The summed E-state index contributed by atoms with van der Waals surface area (Å²) in [6.07, 6.45) is 8.70. The van der Waals surface area contributed by atoms with Crippen molar-refractivity contribution >= 4 is 5.91 Å². The molecule has 0 N–H and O–H groups in total. The van der Waals surface area contributed by atoms with Crippen molar-refractivity contribution in [1.29, 1.82) is 0 Å². The zero-order valence-corrected chi connectivity index (χ0v) is 17.2. The van der Waals surface area contributed by atoms with E-state index in [1.165, 1.54) is 24.8 Å². The number of aromatic nitrogens is 2. The predicted octanol–water partition coefficient (Wildman–Crippen LogP) is 4.20. The van der Waals surface area contributed by atoms with Crippen LogP contribution in [-0.4, -0.2) is 51.7 Å². The molecule has 1 aromatic heterocycles. The molecule has 1 aliphatic rings. The lowest BCUT2D eigenvalue weighted by Crippen LogP contribution is -2.35. The first-order valence-corrected chi connectivity index (χ1v) is 10.9. The van der Waals surface area contributed by atoms with Crippen molar-refractivity contribution in [3.8, 4) is 0 Å². The van der Waals surface area contributed by atoms with Crippen LogP contribution in [0.15, 0.2) is 42.6 Å². The van der Waals surface area contributed by atoms with Gasteiger partial charge in [-0.25, -0.2) is 0 Å². The quantitative estimate of drug-likeness (QED) is 0.778. The average Bonchev–Trinajstić information content (AvgIpc) is 3.16. The molecule has 1 saturated heterocycles. The maximum absolute atomic E-state index is 13.0. The monoisotopic (exact) mass is 382 g/mol.